The Bertz CT molecular complexity index is 747. The molecule has 0 aliphatic heterocycles. The van der Waals surface area contributed by atoms with Gasteiger partial charge in [-0.25, -0.2) is 0 Å². The quantitative estimate of drug-likeness (QED) is 0.875. The summed E-state index contributed by atoms with van der Waals surface area (Å²) in [5, 5.41) is 22.5. The lowest BCUT2D eigenvalue weighted by atomic mass is 9.82. The van der Waals surface area contributed by atoms with Crippen molar-refractivity contribution in [3.05, 3.63) is 27.1 Å². The molecule has 2 atom stereocenters. The summed E-state index contributed by atoms with van der Waals surface area (Å²) < 4.78 is 0. The van der Waals surface area contributed by atoms with Gasteiger partial charge in [-0.05, 0) is 37.7 Å². The fourth-order valence-electron chi connectivity index (χ4n) is 3.22. The van der Waals surface area contributed by atoms with Crippen molar-refractivity contribution >= 4 is 39.8 Å². The molecule has 0 saturated heterocycles. The molecule has 2 N–H and O–H groups in total. The van der Waals surface area contributed by atoms with Gasteiger partial charge in [0.05, 0.1) is 17.4 Å². The van der Waals surface area contributed by atoms with Crippen LogP contribution in [0, 0.1) is 23.2 Å². The van der Waals surface area contributed by atoms with E-state index in [1.807, 2.05) is 0 Å². The zero-order valence-electron chi connectivity index (χ0n) is 12.3. The highest BCUT2D eigenvalue weighted by Gasteiger charge is 2.37. The molecule has 0 saturated carbocycles. The van der Waals surface area contributed by atoms with Crippen LogP contribution in [0.25, 0.3) is 0 Å². The van der Waals surface area contributed by atoms with E-state index in [0.29, 0.717) is 15.6 Å². The summed E-state index contributed by atoms with van der Waals surface area (Å²) in [5.74, 6) is -2.87. The minimum atomic E-state index is -1.00. The summed E-state index contributed by atoms with van der Waals surface area (Å²) in [5.41, 5.74) is 1.56. The highest BCUT2D eigenvalue weighted by atomic mass is 35.5. The van der Waals surface area contributed by atoms with Gasteiger partial charge in [-0.3, -0.25) is 9.59 Å². The molecule has 1 aromatic rings. The van der Waals surface area contributed by atoms with Crippen LogP contribution in [0.15, 0.2) is 11.1 Å². The number of carboxylic acids is 1. The Morgan fingerprint density at radius 3 is 2.87 bits per heavy atom. The number of nitrogens with zero attached hydrogens (tertiary/aromatic N) is 1. The van der Waals surface area contributed by atoms with E-state index in [9.17, 15) is 20.0 Å². The van der Waals surface area contributed by atoms with Crippen molar-refractivity contribution in [2.45, 2.75) is 32.1 Å². The Kier molecular flexibility index (Phi) is 4.42. The minimum Gasteiger partial charge on any atom is -0.481 e. The first-order valence-electron chi connectivity index (χ1n) is 7.44. The van der Waals surface area contributed by atoms with E-state index in [2.05, 4.69) is 11.4 Å². The molecule has 0 radical (unpaired) electrons. The maximum atomic E-state index is 12.6. The van der Waals surface area contributed by atoms with Gasteiger partial charge in [0, 0.05) is 9.91 Å². The first-order chi connectivity index (χ1) is 11.0. The van der Waals surface area contributed by atoms with E-state index >= 15 is 0 Å². The third-order valence-corrected chi connectivity index (χ3v) is 5.93. The zero-order chi connectivity index (χ0) is 16.6. The van der Waals surface area contributed by atoms with Gasteiger partial charge >= 0.3 is 5.97 Å². The number of hydrogen-bond acceptors (Lipinski definition) is 4. The Morgan fingerprint density at radius 2 is 2.17 bits per heavy atom. The number of amides is 1. The topological polar surface area (TPSA) is 90.2 Å². The van der Waals surface area contributed by atoms with Crippen molar-refractivity contribution in [3.63, 3.8) is 0 Å². The standard InChI is InChI=1S/C16H15ClN2O3S/c17-8-4-5-10(16(21)22)11(6-8)14(20)19-15-12(7-18)9-2-1-3-13(9)23-15/h4,10-11H,1-3,5-6H2,(H,19,20)(H,21,22)/t10-,11+/m0/s1. The molecule has 120 valence electrons. The Balaban J connectivity index is 1.83. The molecule has 7 heteroatoms. The number of thiophene rings is 1. The summed E-state index contributed by atoms with van der Waals surface area (Å²) in [6.07, 6.45) is 4.95. The second kappa shape index (κ2) is 6.34. The normalized spacial score (nSPS) is 22.9. The first kappa shape index (κ1) is 16.0. The summed E-state index contributed by atoms with van der Waals surface area (Å²) in [6, 6.07) is 2.17. The Morgan fingerprint density at radius 1 is 1.39 bits per heavy atom. The molecule has 0 bridgehead atoms. The monoisotopic (exact) mass is 350 g/mol. The summed E-state index contributed by atoms with van der Waals surface area (Å²) >= 11 is 7.41. The molecule has 1 aromatic heterocycles. The first-order valence-corrected chi connectivity index (χ1v) is 8.63. The van der Waals surface area contributed by atoms with Crippen LogP contribution in [0.2, 0.25) is 0 Å². The number of allylic oxidation sites excluding steroid dienone is 2. The van der Waals surface area contributed by atoms with Gasteiger partial charge in [0.2, 0.25) is 5.91 Å². The lowest BCUT2D eigenvalue weighted by molar-refractivity contribution is -0.146. The number of aliphatic carboxylic acids is 1. The fraction of sp³-hybridized carbons (Fsp3) is 0.438. The Labute approximate surface area is 142 Å². The molecule has 2 aliphatic rings. The van der Waals surface area contributed by atoms with Gasteiger partial charge in [-0.15, -0.1) is 11.3 Å². The van der Waals surface area contributed by atoms with Crippen LogP contribution in [0.5, 0.6) is 0 Å². The highest BCUT2D eigenvalue weighted by Crippen LogP contribution is 2.40. The minimum absolute atomic E-state index is 0.220. The molecule has 0 unspecified atom stereocenters. The van der Waals surface area contributed by atoms with Crippen LogP contribution in [-0.4, -0.2) is 17.0 Å². The van der Waals surface area contributed by atoms with Gasteiger partial charge in [0.15, 0.2) is 0 Å². The summed E-state index contributed by atoms with van der Waals surface area (Å²) in [6.45, 7) is 0. The fourth-order valence-corrected chi connectivity index (χ4v) is 4.72. The molecule has 0 aromatic carbocycles. The third-order valence-electron chi connectivity index (χ3n) is 4.42. The molecular weight excluding hydrogens is 336 g/mol. The van der Waals surface area contributed by atoms with Crippen molar-refractivity contribution in [3.8, 4) is 6.07 Å². The molecular formula is C16H15ClN2O3S. The van der Waals surface area contributed by atoms with E-state index in [1.54, 1.807) is 6.08 Å². The van der Waals surface area contributed by atoms with Gasteiger partial charge in [-0.2, -0.15) is 5.26 Å². The molecule has 0 spiro atoms. The number of carbonyl (C=O) groups excluding carboxylic acids is 1. The van der Waals surface area contributed by atoms with E-state index < -0.39 is 17.8 Å². The van der Waals surface area contributed by atoms with Crippen LogP contribution >= 0.6 is 22.9 Å². The van der Waals surface area contributed by atoms with Crippen LogP contribution in [0.3, 0.4) is 0 Å². The van der Waals surface area contributed by atoms with Gasteiger partial charge < -0.3 is 10.4 Å². The number of nitriles is 1. The number of carbonyl (C=O) groups is 2. The van der Waals surface area contributed by atoms with E-state index in [4.69, 9.17) is 11.6 Å². The lowest BCUT2D eigenvalue weighted by Crippen LogP contribution is -2.35. The van der Waals surface area contributed by atoms with Gasteiger partial charge in [0.25, 0.3) is 0 Å². The van der Waals surface area contributed by atoms with Crippen LogP contribution < -0.4 is 5.32 Å². The van der Waals surface area contributed by atoms with Crippen molar-refractivity contribution in [2.75, 3.05) is 5.32 Å². The Hall–Kier alpha value is -1.84. The molecule has 1 heterocycles. The number of halogens is 1. The molecule has 3 rings (SSSR count). The van der Waals surface area contributed by atoms with E-state index in [1.165, 1.54) is 11.3 Å². The smallest absolute Gasteiger partial charge is 0.307 e. The van der Waals surface area contributed by atoms with Crippen molar-refractivity contribution in [1.29, 1.82) is 5.26 Å². The third kappa shape index (κ3) is 2.99. The molecule has 0 fully saturated rings. The average molecular weight is 351 g/mol. The number of carboxylic acid groups (broad SMARTS) is 1. The molecule has 1 amide bonds. The van der Waals surface area contributed by atoms with Crippen LogP contribution in [0.4, 0.5) is 5.00 Å². The number of anilines is 1. The predicted octanol–water partition coefficient (Wildman–Crippen LogP) is 3.28. The van der Waals surface area contributed by atoms with Crippen molar-refractivity contribution < 1.29 is 14.7 Å². The van der Waals surface area contributed by atoms with Gasteiger partial charge in [0.1, 0.15) is 11.1 Å². The van der Waals surface area contributed by atoms with Crippen molar-refractivity contribution in [2.24, 2.45) is 11.8 Å². The average Bonchev–Trinajstić information content (AvgIpc) is 3.07. The molecule has 5 nitrogen and oxygen atoms in total. The number of hydrogen-bond donors (Lipinski definition) is 2. The summed E-state index contributed by atoms with van der Waals surface area (Å²) in [4.78, 5) is 25.1. The number of aryl methyl sites for hydroxylation is 1. The predicted molar refractivity (Wildman–Crippen MR) is 87.5 cm³/mol. The molecule has 23 heavy (non-hydrogen) atoms. The van der Waals surface area contributed by atoms with Crippen molar-refractivity contribution in [1.82, 2.24) is 0 Å². The number of rotatable bonds is 3. The second-order valence-electron chi connectivity index (χ2n) is 5.80. The van der Waals surface area contributed by atoms with Crippen LogP contribution in [0.1, 0.15) is 35.3 Å². The maximum Gasteiger partial charge on any atom is 0.307 e. The van der Waals surface area contributed by atoms with Crippen LogP contribution in [-0.2, 0) is 22.4 Å². The zero-order valence-corrected chi connectivity index (χ0v) is 13.8. The second-order valence-corrected chi connectivity index (χ2v) is 7.40. The highest BCUT2D eigenvalue weighted by molar-refractivity contribution is 7.16. The SMILES string of the molecule is N#Cc1c(NC(=O)[C@@H]2CC(Cl)=CC[C@@H]2C(=O)O)sc2c1CCC2. The van der Waals surface area contributed by atoms with E-state index in [0.717, 1.165) is 29.7 Å². The number of nitrogens with one attached hydrogen (secondary N) is 1. The lowest BCUT2D eigenvalue weighted by Gasteiger charge is -2.25. The van der Waals surface area contributed by atoms with E-state index in [-0.39, 0.29) is 18.7 Å². The molecule has 2 aliphatic carbocycles. The number of fused-ring (bicyclic) bond motifs is 1. The largest absolute Gasteiger partial charge is 0.481 e. The van der Waals surface area contributed by atoms with Gasteiger partial charge in [-0.1, -0.05) is 17.7 Å². The summed E-state index contributed by atoms with van der Waals surface area (Å²) in [7, 11) is 0. The maximum absolute atomic E-state index is 12.6.